The highest BCUT2D eigenvalue weighted by molar-refractivity contribution is 7.89. The molecule has 9 heteroatoms. The molecule has 0 spiro atoms. The zero-order valence-corrected chi connectivity index (χ0v) is 14.7. The van der Waals surface area contributed by atoms with E-state index in [0.29, 0.717) is 13.1 Å². The number of hydrogen-bond donors (Lipinski definition) is 0. The van der Waals surface area contributed by atoms with Crippen LogP contribution in [0.1, 0.15) is 18.0 Å². The summed E-state index contributed by atoms with van der Waals surface area (Å²) in [5.41, 5.74) is 0. The SMILES string of the molecule is CC(c1nccs1)N1CCN(S(=O)(=O)c2cccc(F)c2F)CC1. The molecule has 0 aliphatic carbocycles. The van der Waals surface area contributed by atoms with Gasteiger partial charge in [-0.3, -0.25) is 4.90 Å². The molecule has 1 aromatic carbocycles. The average Bonchev–Trinajstić information content (AvgIpc) is 3.11. The maximum absolute atomic E-state index is 13.8. The first kappa shape index (κ1) is 17.4. The van der Waals surface area contributed by atoms with Gasteiger partial charge < -0.3 is 0 Å². The Balaban J connectivity index is 1.73. The molecule has 2 heterocycles. The molecule has 24 heavy (non-hydrogen) atoms. The van der Waals surface area contributed by atoms with E-state index in [-0.39, 0.29) is 19.1 Å². The molecule has 5 nitrogen and oxygen atoms in total. The molecule has 0 radical (unpaired) electrons. The summed E-state index contributed by atoms with van der Waals surface area (Å²) >= 11 is 1.56. The van der Waals surface area contributed by atoms with Gasteiger partial charge in [-0.25, -0.2) is 22.2 Å². The second kappa shape index (κ2) is 6.83. The van der Waals surface area contributed by atoms with Crippen LogP contribution in [0.5, 0.6) is 0 Å². The van der Waals surface area contributed by atoms with Gasteiger partial charge in [0, 0.05) is 37.8 Å². The lowest BCUT2D eigenvalue weighted by Crippen LogP contribution is -2.49. The second-order valence-corrected chi connectivity index (χ2v) is 8.37. The topological polar surface area (TPSA) is 53.5 Å². The van der Waals surface area contributed by atoms with Crippen molar-refractivity contribution in [3.05, 3.63) is 46.4 Å². The van der Waals surface area contributed by atoms with Crippen LogP contribution in [0.2, 0.25) is 0 Å². The molecular weight excluding hydrogens is 356 g/mol. The fourth-order valence-electron chi connectivity index (χ4n) is 2.75. The van der Waals surface area contributed by atoms with E-state index in [4.69, 9.17) is 0 Å². The van der Waals surface area contributed by atoms with E-state index in [1.807, 2.05) is 12.3 Å². The zero-order chi connectivity index (χ0) is 17.3. The molecule has 1 unspecified atom stereocenters. The van der Waals surface area contributed by atoms with Crippen molar-refractivity contribution in [2.45, 2.75) is 17.9 Å². The summed E-state index contributed by atoms with van der Waals surface area (Å²) in [6.07, 6.45) is 1.74. The van der Waals surface area contributed by atoms with Gasteiger partial charge in [0.15, 0.2) is 11.6 Å². The summed E-state index contributed by atoms with van der Waals surface area (Å²) in [5.74, 6) is -2.48. The first-order chi connectivity index (χ1) is 11.4. The Morgan fingerprint density at radius 3 is 2.54 bits per heavy atom. The van der Waals surface area contributed by atoms with Crippen molar-refractivity contribution in [3.63, 3.8) is 0 Å². The van der Waals surface area contributed by atoms with Crippen LogP contribution in [0.25, 0.3) is 0 Å². The van der Waals surface area contributed by atoms with Gasteiger partial charge in [0.05, 0.1) is 6.04 Å². The second-order valence-electron chi connectivity index (χ2n) is 5.54. The van der Waals surface area contributed by atoms with Gasteiger partial charge in [-0.15, -0.1) is 11.3 Å². The summed E-state index contributed by atoms with van der Waals surface area (Å²) < 4.78 is 53.5. The van der Waals surface area contributed by atoms with E-state index in [0.717, 1.165) is 17.1 Å². The van der Waals surface area contributed by atoms with Gasteiger partial charge in [0.25, 0.3) is 0 Å². The molecule has 0 bridgehead atoms. The minimum absolute atomic E-state index is 0.0979. The Morgan fingerprint density at radius 1 is 1.21 bits per heavy atom. The van der Waals surface area contributed by atoms with Gasteiger partial charge >= 0.3 is 0 Å². The Kier molecular flexibility index (Phi) is 4.95. The summed E-state index contributed by atoms with van der Waals surface area (Å²) in [7, 11) is -4.04. The van der Waals surface area contributed by atoms with Crippen molar-refractivity contribution in [2.75, 3.05) is 26.2 Å². The number of rotatable bonds is 4. The van der Waals surface area contributed by atoms with Crippen molar-refractivity contribution in [2.24, 2.45) is 0 Å². The molecule has 1 fully saturated rings. The van der Waals surface area contributed by atoms with Gasteiger partial charge in [0.2, 0.25) is 10.0 Å². The van der Waals surface area contributed by atoms with E-state index >= 15 is 0 Å². The number of nitrogens with zero attached hydrogens (tertiary/aromatic N) is 3. The van der Waals surface area contributed by atoms with E-state index in [1.165, 1.54) is 10.4 Å². The van der Waals surface area contributed by atoms with Crippen LogP contribution in [-0.2, 0) is 10.0 Å². The van der Waals surface area contributed by atoms with Crippen molar-refractivity contribution in [3.8, 4) is 0 Å². The molecule has 1 aromatic heterocycles. The maximum atomic E-state index is 13.8. The minimum Gasteiger partial charge on any atom is -0.292 e. The van der Waals surface area contributed by atoms with E-state index in [2.05, 4.69) is 9.88 Å². The normalized spacial score (nSPS) is 18.6. The third-order valence-electron chi connectivity index (χ3n) is 4.16. The molecule has 130 valence electrons. The smallest absolute Gasteiger partial charge is 0.246 e. The predicted octanol–water partition coefficient (Wildman–Crippen LogP) is 2.49. The van der Waals surface area contributed by atoms with Gasteiger partial charge in [0.1, 0.15) is 9.90 Å². The van der Waals surface area contributed by atoms with Crippen molar-refractivity contribution >= 4 is 21.4 Å². The highest BCUT2D eigenvalue weighted by Crippen LogP contribution is 2.26. The van der Waals surface area contributed by atoms with Gasteiger partial charge in [-0.05, 0) is 19.1 Å². The molecule has 0 N–H and O–H groups in total. The molecule has 3 rings (SSSR count). The molecule has 1 saturated heterocycles. The van der Waals surface area contributed by atoms with Gasteiger partial charge in [-0.2, -0.15) is 4.31 Å². The Labute approximate surface area is 143 Å². The minimum atomic E-state index is -4.04. The van der Waals surface area contributed by atoms with Crippen LogP contribution < -0.4 is 0 Å². The quantitative estimate of drug-likeness (QED) is 0.826. The summed E-state index contributed by atoms with van der Waals surface area (Å²) in [4.78, 5) is 5.81. The number of aromatic nitrogens is 1. The third-order valence-corrected chi connectivity index (χ3v) is 7.03. The van der Waals surface area contributed by atoms with Crippen LogP contribution >= 0.6 is 11.3 Å². The molecular formula is C15H17F2N3O2S2. The first-order valence-corrected chi connectivity index (χ1v) is 9.81. The molecule has 1 aliphatic rings. The first-order valence-electron chi connectivity index (χ1n) is 7.49. The number of hydrogen-bond acceptors (Lipinski definition) is 5. The lowest BCUT2D eigenvalue weighted by molar-refractivity contribution is 0.145. The fraction of sp³-hybridized carbons (Fsp3) is 0.400. The molecule has 0 saturated carbocycles. The number of halogens is 2. The van der Waals surface area contributed by atoms with Crippen molar-refractivity contribution in [1.29, 1.82) is 0 Å². The third kappa shape index (κ3) is 3.21. The highest BCUT2D eigenvalue weighted by atomic mass is 32.2. The monoisotopic (exact) mass is 373 g/mol. The summed E-state index contributed by atoms with van der Waals surface area (Å²) in [6, 6.07) is 3.30. The summed E-state index contributed by atoms with van der Waals surface area (Å²) in [5, 5.41) is 2.88. The maximum Gasteiger partial charge on any atom is 0.246 e. The van der Waals surface area contributed by atoms with E-state index in [9.17, 15) is 17.2 Å². The van der Waals surface area contributed by atoms with Crippen molar-refractivity contribution < 1.29 is 17.2 Å². The van der Waals surface area contributed by atoms with Crippen LogP contribution in [0, 0.1) is 11.6 Å². The Bertz CT molecular complexity index is 804. The molecule has 1 aliphatic heterocycles. The van der Waals surface area contributed by atoms with Crippen molar-refractivity contribution in [1.82, 2.24) is 14.2 Å². The van der Waals surface area contributed by atoms with Crippen LogP contribution in [0.15, 0.2) is 34.7 Å². The van der Waals surface area contributed by atoms with Crippen LogP contribution in [0.3, 0.4) is 0 Å². The van der Waals surface area contributed by atoms with E-state index < -0.39 is 26.6 Å². The Hall–Kier alpha value is -1.42. The molecule has 2 aromatic rings. The number of benzene rings is 1. The zero-order valence-electron chi connectivity index (χ0n) is 13.0. The van der Waals surface area contributed by atoms with Crippen LogP contribution in [0.4, 0.5) is 8.78 Å². The fourth-order valence-corrected chi connectivity index (χ4v) is 4.98. The lowest BCUT2D eigenvalue weighted by atomic mass is 10.2. The molecule has 1 atom stereocenters. The number of sulfonamides is 1. The average molecular weight is 373 g/mol. The predicted molar refractivity (Wildman–Crippen MR) is 87.2 cm³/mol. The number of piperazine rings is 1. The lowest BCUT2D eigenvalue weighted by Gasteiger charge is -2.36. The number of thiazole rings is 1. The molecule has 0 amide bonds. The van der Waals surface area contributed by atoms with Gasteiger partial charge in [-0.1, -0.05) is 6.07 Å². The highest BCUT2D eigenvalue weighted by Gasteiger charge is 2.33. The summed E-state index contributed by atoms with van der Waals surface area (Å²) in [6.45, 7) is 3.51. The largest absolute Gasteiger partial charge is 0.292 e. The Morgan fingerprint density at radius 2 is 1.92 bits per heavy atom. The van der Waals surface area contributed by atoms with E-state index in [1.54, 1.807) is 17.5 Å². The standard InChI is InChI=1S/C15H17F2N3O2S2/c1-11(15-18-5-10-23-15)19-6-8-20(9-7-19)24(21,22)13-4-2-3-12(16)14(13)17/h2-5,10-11H,6-9H2,1H3. The van der Waals surface area contributed by atoms with Crippen LogP contribution in [-0.4, -0.2) is 48.8 Å².